The molecule has 2 fully saturated rings. The lowest BCUT2D eigenvalue weighted by atomic mass is 10.1. The molecule has 0 radical (unpaired) electrons. The van der Waals surface area contributed by atoms with E-state index in [1.807, 2.05) is 19.1 Å². The number of hydrogen-bond acceptors (Lipinski definition) is 4. The Bertz CT molecular complexity index is 1070. The number of amides is 3. The quantitative estimate of drug-likeness (QED) is 0.681. The Labute approximate surface area is 192 Å². The average molecular weight is 456 g/mol. The van der Waals surface area contributed by atoms with E-state index in [9.17, 15) is 14.4 Å². The summed E-state index contributed by atoms with van der Waals surface area (Å²) in [6, 6.07) is 9.69. The number of methoxy groups -OCH3 is 1. The van der Waals surface area contributed by atoms with Gasteiger partial charge in [-0.1, -0.05) is 17.7 Å². The number of anilines is 2. The number of halogens is 1. The first-order valence-corrected chi connectivity index (χ1v) is 11.1. The monoisotopic (exact) mass is 455 g/mol. The first-order valence-electron chi connectivity index (χ1n) is 10.7. The van der Waals surface area contributed by atoms with Gasteiger partial charge in [0.2, 0.25) is 11.8 Å². The lowest BCUT2D eigenvalue weighted by Gasteiger charge is -2.25. The fourth-order valence-electron chi connectivity index (χ4n) is 3.92. The van der Waals surface area contributed by atoms with Crippen molar-refractivity contribution in [1.29, 1.82) is 0 Å². The Morgan fingerprint density at radius 3 is 2.53 bits per heavy atom. The summed E-state index contributed by atoms with van der Waals surface area (Å²) in [7, 11) is 1.49. The fourth-order valence-corrected chi connectivity index (χ4v) is 4.10. The molecule has 168 valence electrons. The summed E-state index contributed by atoms with van der Waals surface area (Å²) < 4.78 is 5.31. The minimum Gasteiger partial charge on any atom is -0.496 e. The van der Waals surface area contributed by atoms with Crippen LogP contribution in [0, 0.1) is 12.8 Å². The Morgan fingerprint density at radius 1 is 1.03 bits per heavy atom. The van der Waals surface area contributed by atoms with Gasteiger partial charge < -0.3 is 20.3 Å². The van der Waals surface area contributed by atoms with Crippen LogP contribution >= 0.6 is 11.6 Å². The minimum absolute atomic E-state index is 0.00848. The molecule has 2 aromatic carbocycles. The van der Waals surface area contributed by atoms with E-state index in [0.29, 0.717) is 40.7 Å². The van der Waals surface area contributed by atoms with Gasteiger partial charge in [0.25, 0.3) is 5.91 Å². The van der Waals surface area contributed by atoms with Gasteiger partial charge in [-0.25, -0.2) is 0 Å². The van der Waals surface area contributed by atoms with Crippen LogP contribution in [0.1, 0.15) is 41.6 Å². The van der Waals surface area contributed by atoms with Gasteiger partial charge in [-0.3, -0.25) is 14.4 Å². The highest BCUT2D eigenvalue weighted by Gasteiger charge is 2.36. The van der Waals surface area contributed by atoms with Crippen molar-refractivity contribution in [1.82, 2.24) is 4.90 Å². The second kappa shape index (κ2) is 9.20. The number of ether oxygens (including phenoxy) is 1. The molecule has 32 heavy (non-hydrogen) atoms. The van der Waals surface area contributed by atoms with Gasteiger partial charge in [0.05, 0.1) is 12.7 Å². The van der Waals surface area contributed by atoms with Crippen LogP contribution in [0.15, 0.2) is 36.4 Å². The maximum absolute atomic E-state index is 13.2. The van der Waals surface area contributed by atoms with Gasteiger partial charge in [-0.15, -0.1) is 0 Å². The summed E-state index contributed by atoms with van der Waals surface area (Å²) in [5, 5.41) is 6.27. The average Bonchev–Trinajstić information content (AvgIpc) is 3.52. The molecule has 1 unspecified atom stereocenters. The molecule has 3 amide bonds. The molecule has 1 aliphatic heterocycles. The first kappa shape index (κ1) is 22.1. The van der Waals surface area contributed by atoms with Crippen molar-refractivity contribution in [3.8, 4) is 5.75 Å². The van der Waals surface area contributed by atoms with Crippen molar-refractivity contribution in [3.63, 3.8) is 0 Å². The molecular weight excluding hydrogens is 430 g/mol. The van der Waals surface area contributed by atoms with Crippen LogP contribution in [0.25, 0.3) is 0 Å². The minimum atomic E-state index is -0.602. The van der Waals surface area contributed by atoms with Crippen molar-refractivity contribution in [2.75, 3.05) is 24.3 Å². The number of carbonyl (C=O) groups is 3. The number of nitrogens with zero attached hydrogens (tertiary/aromatic N) is 1. The number of nitrogens with one attached hydrogen (secondary N) is 2. The van der Waals surface area contributed by atoms with Crippen LogP contribution in [-0.2, 0) is 9.59 Å². The number of rotatable bonds is 6. The van der Waals surface area contributed by atoms with Crippen LogP contribution in [0.2, 0.25) is 5.02 Å². The van der Waals surface area contributed by atoms with E-state index < -0.39 is 6.04 Å². The predicted octanol–water partition coefficient (Wildman–Crippen LogP) is 4.25. The summed E-state index contributed by atoms with van der Waals surface area (Å²) in [5.41, 5.74) is 2.46. The predicted molar refractivity (Wildman–Crippen MR) is 123 cm³/mol. The Hall–Kier alpha value is -3.06. The zero-order valence-electron chi connectivity index (χ0n) is 18.1. The number of hydrogen-bond donors (Lipinski definition) is 2. The smallest absolute Gasteiger partial charge is 0.258 e. The molecule has 2 aliphatic rings. The third kappa shape index (κ3) is 4.72. The summed E-state index contributed by atoms with van der Waals surface area (Å²) >= 11 is 6.09. The standard InChI is InChI=1S/C24H26ClN3O4/c1-14-5-9-17(26-22(29)15-6-7-15)13-19(14)27-23(30)20-4-3-11-28(20)24(31)18-12-16(25)8-10-21(18)32-2/h5,8-10,12-13,15,20H,3-4,6-7,11H2,1-2H3,(H,26,29)(H,27,30). The maximum Gasteiger partial charge on any atom is 0.258 e. The summed E-state index contributed by atoms with van der Waals surface area (Å²) in [6.07, 6.45) is 3.13. The van der Waals surface area contributed by atoms with E-state index in [2.05, 4.69) is 10.6 Å². The van der Waals surface area contributed by atoms with Crippen molar-refractivity contribution in [3.05, 3.63) is 52.5 Å². The largest absolute Gasteiger partial charge is 0.496 e. The van der Waals surface area contributed by atoms with Crippen LogP contribution < -0.4 is 15.4 Å². The van der Waals surface area contributed by atoms with E-state index in [0.717, 1.165) is 24.8 Å². The number of aryl methyl sites for hydroxylation is 1. The topological polar surface area (TPSA) is 87.7 Å². The Morgan fingerprint density at radius 2 is 1.81 bits per heavy atom. The third-order valence-electron chi connectivity index (χ3n) is 5.92. The first-order chi connectivity index (χ1) is 15.4. The molecule has 4 rings (SSSR count). The molecule has 2 N–H and O–H groups in total. The lowest BCUT2D eigenvalue weighted by molar-refractivity contribution is -0.119. The number of benzene rings is 2. The normalized spacial score (nSPS) is 17.7. The van der Waals surface area contributed by atoms with E-state index >= 15 is 0 Å². The van der Waals surface area contributed by atoms with Crippen LogP contribution in [0.5, 0.6) is 5.75 Å². The molecule has 1 heterocycles. The SMILES string of the molecule is COc1ccc(Cl)cc1C(=O)N1CCCC1C(=O)Nc1cc(NC(=O)C2CC2)ccc1C. The second-order valence-electron chi connectivity index (χ2n) is 8.28. The molecule has 1 aliphatic carbocycles. The third-order valence-corrected chi connectivity index (χ3v) is 6.15. The second-order valence-corrected chi connectivity index (χ2v) is 8.72. The van der Waals surface area contributed by atoms with Gasteiger partial charge >= 0.3 is 0 Å². The molecule has 1 saturated carbocycles. The molecule has 7 nitrogen and oxygen atoms in total. The molecule has 0 spiro atoms. The lowest BCUT2D eigenvalue weighted by Crippen LogP contribution is -2.43. The van der Waals surface area contributed by atoms with Crippen LogP contribution in [-0.4, -0.2) is 42.3 Å². The van der Waals surface area contributed by atoms with E-state index in [1.165, 1.54) is 7.11 Å². The number of carbonyl (C=O) groups excluding carboxylic acids is 3. The van der Waals surface area contributed by atoms with E-state index in [4.69, 9.17) is 16.3 Å². The highest BCUT2D eigenvalue weighted by atomic mass is 35.5. The zero-order valence-corrected chi connectivity index (χ0v) is 18.9. The van der Waals surface area contributed by atoms with E-state index in [1.54, 1.807) is 29.2 Å². The van der Waals surface area contributed by atoms with Gasteiger partial charge in [0.15, 0.2) is 0 Å². The van der Waals surface area contributed by atoms with Crippen molar-refractivity contribution >= 4 is 40.7 Å². The molecule has 1 saturated heterocycles. The summed E-state index contributed by atoms with van der Waals surface area (Å²) in [4.78, 5) is 40.0. The van der Waals surface area contributed by atoms with Gasteiger partial charge in [0, 0.05) is 28.9 Å². The number of likely N-dealkylation sites (tertiary alicyclic amines) is 1. The molecule has 0 bridgehead atoms. The molecule has 0 aromatic heterocycles. The molecule has 1 atom stereocenters. The Kier molecular flexibility index (Phi) is 6.37. The highest BCUT2D eigenvalue weighted by Crippen LogP contribution is 2.31. The van der Waals surface area contributed by atoms with Gasteiger partial charge in [-0.05, 0) is 68.5 Å². The summed E-state index contributed by atoms with van der Waals surface area (Å²) in [5.74, 6) is -0.0276. The van der Waals surface area contributed by atoms with E-state index in [-0.39, 0.29) is 23.6 Å². The molecule has 2 aromatic rings. The highest BCUT2D eigenvalue weighted by molar-refractivity contribution is 6.31. The summed E-state index contributed by atoms with van der Waals surface area (Å²) in [6.45, 7) is 2.36. The molecule has 8 heteroatoms. The van der Waals surface area contributed by atoms with Crippen LogP contribution in [0.3, 0.4) is 0 Å². The fraction of sp³-hybridized carbons (Fsp3) is 0.375. The van der Waals surface area contributed by atoms with Gasteiger partial charge in [0.1, 0.15) is 11.8 Å². The van der Waals surface area contributed by atoms with Gasteiger partial charge in [-0.2, -0.15) is 0 Å². The zero-order chi connectivity index (χ0) is 22.8. The Balaban J connectivity index is 1.50. The van der Waals surface area contributed by atoms with Crippen molar-refractivity contribution in [2.24, 2.45) is 5.92 Å². The van der Waals surface area contributed by atoms with Crippen molar-refractivity contribution in [2.45, 2.75) is 38.6 Å². The van der Waals surface area contributed by atoms with Crippen molar-refractivity contribution < 1.29 is 19.1 Å². The maximum atomic E-state index is 13.2. The molecular formula is C24H26ClN3O4. The van der Waals surface area contributed by atoms with Crippen LogP contribution in [0.4, 0.5) is 11.4 Å².